The van der Waals surface area contributed by atoms with E-state index in [1.807, 2.05) is 10.4 Å². The lowest BCUT2D eigenvalue weighted by molar-refractivity contribution is 0.124. The van der Waals surface area contributed by atoms with Crippen LogP contribution >= 0.6 is 11.6 Å². The maximum Gasteiger partial charge on any atom is 0.490 e. The average Bonchev–Trinajstić information content (AvgIpc) is 3.00. The number of anilines is 1. The monoisotopic (exact) mass is 454 g/mol. The summed E-state index contributed by atoms with van der Waals surface area (Å²) in [5, 5.41) is 20.4. The molecule has 6 nitrogen and oxygen atoms in total. The summed E-state index contributed by atoms with van der Waals surface area (Å²) >= 11 is 6.21. The van der Waals surface area contributed by atoms with Crippen LogP contribution in [0, 0.1) is 5.92 Å². The summed E-state index contributed by atoms with van der Waals surface area (Å²) < 4.78 is 27.6. The Bertz CT molecular complexity index is 928. The van der Waals surface area contributed by atoms with E-state index in [-0.39, 0.29) is 11.5 Å². The second kappa shape index (κ2) is 7.66. The molecule has 0 bridgehead atoms. The first kappa shape index (κ1) is 22.4. The van der Waals surface area contributed by atoms with Crippen molar-refractivity contribution in [2.24, 2.45) is 5.92 Å². The summed E-state index contributed by atoms with van der Waals surface area (Å²) in [7, 11) is -4.97. The number of benzene rings is 1. The molecular formula is C21H32BClN2O4S. The van der Waals surface area contributed by atoms with E-state index < -0.39 is 21.9 Å². The van der Waals surface area contributed by atoms with Crippen molar-refractivity contribution in [1.29, 1.82) is 0 Å². The predicted molar refractivity (Wildman–Crippen MR) is 122 cm³/mol. The van der Waals surface area contributed by atoms with Crippen LogP contribution in [-0.4, -0.2) is 59.8 Å². The highest BCUT2D eigenvalue weighted by Crippen LogP contribution is 2.50. The minimum Gasteiger partial charge on any atom is -0.423 e. The molecule has 1 spiro atoms. The van der Waals surface area contributed by atoms with Crippen molar-refractivity contribution in [3.63, 3.8) is 0 Å². The lowest BCUT2D eigenvalue weighted by Gasteiger charge is -2.46. The van der Waals surface area contributed by atoms with Gasteiger partial charge in [-0.2, -0.15) is 4.31 Å². The van der Waals surface area contributed by atoms with Crippen molar-refractivity contribution in [2.45, 2.75) is 69.6 Å². The summed E-state index contributed by atoms with van der Waals surface area (Å²) in [5.74, 6) is 0.215. The van der Waals surface area contributed by atoms with Gasteiger partial charge in [0.2, 0.25) is 10.0 Å². The Morgan fingerprint density at radius 2 is 1.93 bits per heavy atom. The van der Waals surface area contributed by atoms with Gasteiger partial charge in [-0.3, -0.25) is 0 Å². The molecule has 2 fully saturated rings. The van der Waals surface area contributed by atoms with E-state index in [9.17, 15) is 18.5 Å². The van der Waals surface area contributed by atoms with Crippen molar-refractivity contribution in [3.8, 4) is 0 Å². The quantitative estimate of drug-likeness (QED) is 0.681. The predicted octanol–water partition coefficient (Wildman–Crippen LogP) is 2.15. The Balaban J connectivity index is 1.62. The van der Waals surface area contributed by atoms with Crippen LogP contribution in [0.2, 0.25) is 5.02 Å². The normalized spacial score (nSPS) is 24.1. The van der Waals surface area contributed by atoms with Crippen molar-refractivity contribution < 1.29 is 18.5 Å². The molecule has 30 heavy (non-hydrogen) atoms. The average molecular weight is 455 g/mol. The van der Waals surface area contributed by atoms with Crippen molar-refractivity contribution in [3.05, 3.63) is 22.7 Å². The standard InChI is InChI=1S/C21H32BClN2O4S/c1-20(2,3)30(28,29)25-14-15(12-21(25)7-5-8-21)13-24-9-4-6-16-10-17(23)11-18(19(16)24)22(26)27/h10-11,15,26-27H,4-9,12-14H2,1-3H3. The topological polar surface area (TPSA) is 81.1 Å². The number of hydrogen-bond acceptors (Lipinski definition) is 5. The van der Waals surface area contributed by atoms with Crippen LogP contribution in [0.15, 0.2) is 12.1 Å². The molecule has 0 radical (unpaired) electrons. The van der Waals surface area contributed by atoms with E-state index in [0.29, 0.717) is 23.6 Å². The van der Waals surface area contributed by atoms with E-state index >= 15 is 0 Å². The number of halogens is 1. The molecule has 4 rings (SSSR count). The smallest absolute Gasteiger partial charge is 0.423 e. The molecule has 9 heteroatoms. The summed E-state index contributed by atoms with van der Waals surface area (Å²) in [4.78, 5) is 2.22. The summed E-state index contributed by atoms with van der Waals surface area (Å²) in [6.45, 7) is 7.41. The molecule has 1 unspecified atom stereocenters. The second-order valence-electron chi connectivity index (χ2n) is 10.2. The lowest BCUT2D eigenvalue weighted by atomic mass is 9.74. The molecule has 1 aromatic carbocycles. The summed E-state index contributed by atoms with van der Waals surface area (Å²) in [6.07, 6.45) is 5.65. The van der Waals surface area contributed by atoms with Gasteiger partial charge < -0.3 is 14.9 Å². The maximum atomic E-state index is 13.3. The fraction of sp³-hybridized carbons (Fsp3) is 0.714. The zero-order valence-electron chi connectivity index (χ0n) is 18.1. The third-order valence-corrected chi connectivity index (χ3v) is 9.98. The zero-order chi connectivity index (χ0) is 21.9. The largest absolute Gasteiger partial charge is 0.490 e. The molecule has 1 saturated heterocycles. The molecule has 1 aromatic rings. The molecule has 0 aromatic heterocycles. The first-order valence-electron chi connectivity index (χ1n) is 10.9. The van der Waals surface area contributed by atoms with Gasteiger partial charge in [-0.05, 0) is 82.9 Å². The van der Waals surface area contributed by atoms with Crippen LogP contribution in [0.25, 0.3) is 0 Å². The Hall–Kier alpha value is -0.795. The highest BCUT2D eigenvalue weighted by atomic mass is 35.5. The van der Waals surface area contributed by atoms with Crippen molar-refractivity contribution in [1.82, 2.24) is 4.31 Å². The highest BCUT2D eigenvalue weighted by molar-refractivity contribution is 7.90. The van der Waals surface area contributed by atoms with Gasteiger partial charge in [0.1, 0.15) is 0 Å². The van der Waals surface area contributed by atoms with Gasteiger partial charge in [0, 0.05) is 41.3 Å². The zero-order valence-corrected chi connectivity index (χ0v) is 19.6. The van der Waals surface area contributed by atoms with Gasteiger partial charge in [0.15, 0.2) is 0 Å². The number of fused-ring (bicyclic) bond motifs is 1. The number of rotatable bonds is 4. The van der Waals surface area contributed by atoms with Crippen LogP contribution in [0.3, 0.4) is 0 Å². The molecule has 166 valence electrons. The number of sulfonamides is 1. The number of hydrogen-bond donors (Lipinski definition) is 2. The fourth-order valence-electron chi connectivity index (χ4n) is 5.49. The summed E-state index contributed by atoms with van der Waals surface area (Å²) in [5.41, 5.74) is 2.11. The molecule has 1 atom stereocenters. The third kappa shape index (κ3) is 3.68. The Labute approximate surface area is 185 Å². The van der Waals surface area contributed by atoms with Gasteiger partial charge in [-0.25, -0.2) is 8.42 Å². The molecule has 0 amide bonds. The second-order valence-corrected chi connectivity index (χ2v) is 13.3. The van der Waals surface area contributed by atoms with Crippen LogP contribution in [0.1, 0.15) is 58.4 Å². The van der Waals surface area contributed by atoms with Crippen LogP contribution in [-0.2, 0) is 16.4 Å². The lowest BCUT2D eigenvalue weighted by Crippen LogP contribution is -2.56. The molecule has 1 aliphatic carbocycles. The minimum absolute atomic E-state index is 0.215. The minimum atomic E-state index is -3.39. The maximum absolute atomic E-state index is 13.3. The molecular weight excluding hydrogens is 423 g/mol. The van der Waals surface area contributed by atoms with E-state index in [4.69, 9.17) is 11.6 Å². The van der Waals surface area contributed by atoms with Crippen LogP contribution in [0.4, 0.5) is 5.69 Å². The number of nitrogens with zero attached hydrogens (tertiary/aromatic N) is 2. The van der Waals surface area contributed by atoms with Crippen molar-refractivity contribution >= 4 is 39.9 Å². The van der Waals surface area contributed by atoms with Gasteiger partial charge >= 0.3 is 7.12 Å². The SMILES string of the molecule is CC(C)(C)S(=O)(=O)N1CC(CN2CCCc3cc(Cl)cc(B(O)O)c32)CC12CCC2. The first-order valence-corrected chi connectivity index (χ1v) is 12.7. The van der Waals surface area contributed by atoms with E-state index in [2.05, 4.69) is 4.90 Å². The molecule has 1 saturated carbocycles. The van der Waals surface area contributed by atoms with Gasteiger partial charge in [-0.15, -0.1) is 0 Å². The van der Waals surface area contributed by atoms with Crippen LogP contribution < -0.4 is 10.4 Å². The van der Waals surface area contributed by atoms with Gasteiger partial charge in [-0.1, -0.05) is 11.6 Å². The van der Waals surface area contributed by atoms with Gasteiger partial charge in [0.25, 0.3) is 0 Å². The fourth-order valence-corrected chi connectivity index (χ4v) is 7.58. The molecule has 2 N–H and O–H groups in total. The van der Waals surface area contributed by atoms with Crippen molar-refractivity contribution in [2.75, 3.05) is 24.5 Å². The summed E-state index contributed by atoms with van der Waals surface area (Å²) in [6, 6.07) is 3.54. The Kier molecular flexibility index (Phi) is 5.72. The van der Waals surface area contributed by atoms with E-state index in [0.717, 1.165) is 56.3 Å². The first-order chi connectivity index (χ1) is 13.9. The highest BCUT2D eigenvalue weighted by Gasteiger charge is 2.56. The van der Waals surface area contributed by atoms with Crippen LogP contribution in [0.5, 0.6) is 0 Å². The Morgan fingerprint density at radius 1 is 1.23 bits per heavy atom. The third-order valence-electron chi connectivity index (χ3n) is 7.10. The van der Waals surface area contributed by atoms with E-state index in [1.165, 1.54) is 0 Å². The van der Waals surface area contributed by atoms with Gasteiger partial charge in [0.05, 0.1) is 4.75 Å². The van der Waals surface area contributed by atoms with E-state index in [1.54, 1.807) is 26.8 Å². The Morgan fingerprint density at radius 3 is 2.50 bits per heavy atom. The number of aryl methyl sites for hydroxylation is 1. The molecule has 2 heterocycles. The molecule has 3 aliphatic rings. The molecule has 2 aliphatic heterocycles.